The second-order valence-electron chi connectivity index (χ2n) is 9.47. The number of ether oxygens (including phenoxy) is 1. The zero-order chi connectivity index (χ0) is 23.6. The number of cyclic esters (lactones) is 1. The van der Waals surface area contributed by atoms with Gasteiger partial charge in [-0.25, -0.2) is 9.78 Å². The maximum atomic E-state index is 12.1. The molecule has 2 aliphatic heterocycles. The van der Waals surface area contributed by atoms with E-state index in [0.717, 1.165) is 54.8 Å². The third-order valence-corrected chi connectivity index (χ3v) is 6.73. The Hall–Kier alpha value is -2.40. The molecule has 1 amide bonds. The number of nitrogens with one attached hydrogen (secondary N) is 2. The minimum absolute atomic E-state index is 0.235. The predicted molar refractivity (Wildman–Crippen MR) is 131 cm³/mol. The summed E-state index contributed by atoms with van der Waals surface area (Å²) in [5.74, 6) is 1.21. The number of hydrogen-bond acceptors (Lipinski definition) is 8. The largest absolute Gasteiger partial charge is 0.443 e. The summed E-state index contributed by atoms with van der Waals surface area (Å²) in [5.41, 5.74) is 1.45. The monoisotopic (exact) mass is 520 g/mol. The van der Waals surface area contributed by atoms with Crippen LogP contribution in [0.5, 0.6) is 0 Å². The smallest absolute Gasteiger partial charge is 0.410 e. The molecule has 1 atom stereocenters. The van der Waals surface area contributed by atoms with Gasteiger partial charge in [0.1, 0.15) is 11.4 Å². The van der Waals surface area contributed by atoms with Crippen LogP contribution in [0.1, 0.15) is 44.8 Å². The van der Waals surface area contributed by atoms with Gasteiger partial charge in [0.2, 0.25) is 5.95 Å². The van der Waals surface area contributed by atoms with Crippen LogP contribution in [0.2, 0.25) is 0 Å². The zero-order valence-corrected chi connectivity index (χ0v) is 21.4. The summed E-state index contributed by atoms with van der Waals surface area (Å²) in [6.07, 6.45) is 6.26. The number of hydrogen-bond donors (Lipinski definition) is 2. The average molecular weight is 521 g/mol. The van der Waals surface area contributed by atoms with Crippen LogP contribution in [-0.2, 0) is 4.74 Å². The van der Waals surface area contributed by atoms with Crippen LogP contribution < -0.4 is 10.6 Å². The van der Waals surface area contributed by atoms with Crippen molar-refractivity contribution in [3.05, 3.63) is 22.6 Å². The first-order chi connectivity index (χ1) is 15.7. The number of anilines is 3. The summed E-state index contributed by atoms with van der Waals surface area (Å²) >= 11 is 3.51. The Kier molecular flexibility index (Phi) is 7.08. The molecule has 0 spiro atoms. The molecule has 2 aliphatic rings. The maximum absolute atomic E-state index is 12.1. The van der Waals surface area contributed by atoms with Gasteiger partial charge in [-0.15, -0.1) is 0 Å². The van der Waals surface area contributed by atoms with Crippen LogP contribution in [-0.4, -0.2) is 81.0 Å². The molecule has 0 aliphatic carbocycles. The van der Waals surface area contributed by atoms with Crippen LogP contribution in [0.3, 0.4) is 0 Å². The topological polar surface area (TPSA) is 100 Å². The van der Waals surface area contributed by atoms with E-state index < -0.39 is 0 Å². The number of likely N-dealkylation sites (N-methyl/N-ethyl adjacent to an activating group) is 1. The Labute approximate surface area is 203 Å². The molecule has 33 heavy (non-hydrogen) atoms. The molecule has 0 radical (unpaired) electrons. The van der Waals surface area contributed by atoms with Crippen LogP contribution >= 0.6 is 15.9 Å². The van der Waals surface area contributed by atoms with Crippen molar-refractivity contribution in [1.82, 2.24) is 29.5 Å². The van der Waals surface area contributed by atoms with Crippen molar-refractivity contribution < 1.29 is 9.53 Å². The second kappa shape index (κ2) is 9.84. The summed E-state index contributed by atoms with van der Waals surface area (Å²) in [6, 6.07) is 0.399. The molecule has 2 aromatic heterocycles. The first kappa shape index (κ1) is 23.7. The van der Waals surface area contributed by atoms with Crippen molar-refractivity contribution in [3.8, 4) is 0 Å². The third kappa shape index (κ3) is 5.94. The van der Waals surface area contributed by atoms with Crippen molar-refractivity contribution >= 4 is 39.5 Å². The Morgan fingerprint density at radius 3 is 2.88 bits per heavy atom. The summed E-state index contributed by atoms with van der Waals surface area (Å²) < 4.78 is 8.30. The molecule has 0 aromatic carbocycles. The van der Waals surface area contributed by atoms with Gasteiger partial charge in [0, 0.05) is 45.0 Å². The first-order valence-corrected chi connectivity index (χ1v) is 12.3. The lowest BCUT2D eigenvalue weighted by atomic mass is 10.0. The van der Waals surface area contributed by atoms with E-state index in [0.29, 0.717) is 30.9 Å². The fourth-order valence-corrected chi connectivity index (χ4v) is 4.45. The lowest BCUT2D eigenvalue weighted by Crippen LogP contribution is -2.47. The number of carbonyl (C=O) groups is 1. The van der Waals surface area contributed by atoms with Gasteiger partial charge in [0.25, 0.3) is 0 Å². The van der Waals surface area contributed by atoms with Gasteiger partial charge < -0.3 is 25.2 Å². The van der Waals surface area contributed by atoms with Crippen molar-refractivity contribution in [2.45, 2.75) is 51.7 Å². The number of rotatable bonds is 8. The van der Waals surface area contributed by atoms with E-state index in [9.17, 15) is 4.79 Å². The maximum Gasteiger partial charge on any atom is 0.410 e. The lowest BCUT2D eigenvalue weighted by Gasteiger charge is -2.36. The molecule has 11 heteroatoms. The fourth-order valence-electron chi connectivity index (χ4n) is 4.12. The van der Waals surface area contributed by atoms with E-state index in [-0.39, 0.29) is 11.7 Å². The highest BCUT2D eigenvalue weighted by Crippen LogP contribution is 2.26. The molecular formula is C22H33BrN8O2. The summed E-state index contributed by atoms with van der Waals surface area (Å²) in [6.45, 7) is 10.0. The van der Waals surface area contributed by atoms with E-state index in [1.165, 1.54) is 0 Å². The normalized spacial score (nSPS) is 20.7. The van der Waals surface area contributed by atoms with Gasteiger partial charge in [-0.3, -0.25) is 4.68 Å². The minimum atomic E-state index is -0.372. The molecule has 2 N–H and O–H groups in total. The molecule has 2 aromatic rings. The van der Waals surface area contributed by atoms with Gasteiger partial charge in [0.15, 0.2) is 0 Å². The first-order valence-electron chi connectivity index (χ1n) is 11.5. The second-order valence-corrected chi connectivity index (χ2v) is 10.3. The summed E-state index contributed by atoms with van der Waals surface area (Å²) in [5, 5.41) is 11.3. The van der Waals surface area contributed by atoms with Crippen LogP contribution in [0, 0.1) is 6.92 Å². The minimum Gasteiger partial charge on any atom is -0.443 e. The van der Waals surface area contributed by atoms with E-state index in [1.54, 1.807) is 11.1 Å². The van der Waals surface area contributed by atoms with E-state index in [2.05, 4.69) is 53.6 Å². The molecule has 10 nitrogen and oxygen atoms in total. The predicted octanol–water partition coefficient (Wildman–Crippen LogP) is 3.79. The van der Waals surface area contributed by atoms with Gasteiger partial charge in [0.05, 0.1) is 21.9 Å². The zero-order valence-electron chi connectivity index (χ0n) is 19.8. The van der Waals surface area contributed by atoms with E-state index in [4.69, 9.17) is 4.74 Å². The quantitative estimate of drug-likeness (QED) is 0.507. The van der Waals surface area contributed by atoms with Gasteiger partial charge in [-0.05, 0) is 63.1 Å². The fraction of sp³-hybridized carbons (Fsp3) is 0.636. The van der Waals surface area contributed by atoms with Crippen molar-refractivity contribution in [1.29, 1.82) is 0 Å². The highest BCUT2D eigenvalue weighted by atomic mass is 79.9. The van der Waals surface area contributed by atoms with Crippen LogP contribution in [0.15, 0.2) is 16.9 Å². The number of amides is 1. The number of aryl methyl sites for hydroxylation is 1. The molecule has 1 unspecified atom stereocenters. The molecule has 0 saturated carbocycles. The molecule has 4 rings (SSSR count). The molecule has 0 bridgehead atoms. The Morgan fingerprint density at radius 1 is 1.33 bits per heavy atom. The number of halogens is 1. The number of likely N-dealkylation sites (tertiary alicyclic amines) is 1. The lowest BCUT2D eigenvalue weighted by molar-refractivity contribution is -0.0253. The Morgan fingerprint density at radius 2 is 2.15 bits per heavy atom. The van der Waals surface area contributed by atoms with Crippen LogP contribution in [0.25, 0.3) is 0 Å². The van der Waals surface area contributed by atoms with E-state index in [1.807, 2.05) is 31.6 Å². The number of nitrogens with zero attached hydrogens (tertiary/aromatic N) is 6. The third-order valence-electron chi connectivity index (χ3n) is 6.15. The Bertz CT molecular complexity index is 995. The molecular weight excluding hydrogens is 488 g/mol. The summed E-state index contributed by atoms with van der Waals surface area (Å²) in [7, 11) is 2.14. The molecule has 180 valence electrons. The average Bonchev–Trinajstić information content (AvgIpc) is 3.34. The Balaban J connectivity index is 1.31. The molecule has 4 heterocycles. The van der Waals surface area contributed by atoms with Gasteiger partial charge in [-0.2, -0.15) is 10.1 Å². The number of carbonyl (C=O) groups excluding carboxylic acids is 1. The van der Waals surface area contributed by atoms with Crippen molar-refractivity contribution in [3.63, 3.8) is 0 Å². The van der Waals surface area contributed by atoms with Gasteiger partial charge in [-0.1, -0.05) is 0 Å². The summed E-state index contributed by atoms with van der Waals surface area (Å²) in [4.78, 5) is 25.2. The SMILES string of the molecule is Cc1nn(C2CCN(C)C2)cc1Nc1ncc(Br)c(NCCCN2CCC(C)(C)OC2=O)n1. The van der Waals surface area contributed by atoms with Crippen molar-refractivity contribution in [2.75, 3.05) is 50.4 Å². The molecule has 2 saturated heterocycles. The standard InChI is InChI=1S/C22H33BrN8O2/c1-15-18(14-31(28-15)16-6-10-29(4)13-16)26-20-25-12-17(23)19(27-20)24-8-5-9-30-11-7-22(2,3)33-21(30)32/h12,14,16H,5-11,13H2,1-4H3,(H2,24,25,26,27). The van der Waals surface area contributed by atoms with Gasteiger partial charge >= 0.3 is 6.09 Å². The van der Waals surface area contributed by atoms with Crippen LogP contribution in [0.4, 0.5) is 22.2 Å². The highest BCUT2D eigenvalue weighted by Gasteiger charge is 2.32. The molecule has 2 fully saturated rings. The number of aromatic nitrogens is 4. The van der Waals surface area contributed by atoms with E-state index >= 15 is 0 Å². The van der Waals surface area contributed by atoms with Crippen molar-refractivity contribution in [2.24, 2.45) is 0 Å². The highest BCUT2D eigenvalue weighted by molar-refractivity contribution is 9.10.